The van der Waals surface area contributed by atoms with Crippen molar-refractivity contribution in [1.29, 1.82) is 0 Å². The number of nitrogens with one attached hydrogen (secondary N) is 2. The second kappa shape index (κ2) is 8.03. The second-order valence-corrected chi connectivity index (χ2v) is 7.61. The van der Waals surface area contributed by atoms with Gasteiger partial charge in [0.15, 0.2) is 0 Å². The zero-order valence-electron chi connectivity index (χ0n) is 16.7. The summed E-state index contributed by atoms with van der Waals surface area (Å²) in [4.78, 5) is 26.3. The molecule has 7 heteroatoms. The molecule has 1 aliphatic carbocycles. The first-order valence-electron chi connectivity index (χ1n) is 10.0. The molecule has 150 valence electrons. The fourth-order valence-electron chi connectivity index (χ4n) is 3.96. The number of nitrogens with zero attached hydrogens (tertiary/aromatic N) is 3. The molecular weight excluding hydrogens is 366 g/mol. The fourth-order valence-corrected chi connectivity index (χ4v) is 3.96. The highest BCUT2D eigenvalue weighted by Gasteiger charge is 2.30. The van der Waals surface area contributed by atoms with E-state index in [1.807, 2.05) is 61.3 Å². The van der Waals surface area contributed by atoms with E-state index in [0.717, 1.165) is 41.4 Å². The van der Waals surface area contributed by atoms with Crippen LogP contribution in [-0.4, -0.2) is 51.3 Å². The third kappa shape index (κ3) is 3.99. The summed E-state index contributed by atoms with van der Waals surface area (Å²) in [7, 11) is 1.85. The van der Waals surface area contributed by atoms with Gasteiger partial charge in [0, 0.05) is 31.1 Å². The van der Waals surface area contributed by atoms with Crippen molar-refractivity contribution >= 4 is 22.8 Å². The molecule has 1 saturated carbocycles. The van der Waals surface area contributed by atoms with Crippen LogP contribution < -0.4 is 5.32 Å². The molecular formula is C22H25N5O2. The SMILES string of the molecule is CCC(=O)NC1CCC(N(C)C(=O)c2ccc(-c3ccc4n[nH]nc4c3)cc2)C1. The summed E-state index contributed by atoms with van der Waals surface area (Å²) < 4.78 is 0. The second-order valence-electron chi connectivity index (χ2n) is 7.61. The number of hydrogen-bond donors (Lipinski definition) is 2. The fraction of sp³-hybridized carbons (Fsp3) is 0.364. The van der Waals surface area contributed by atoms with E-state index in [1.54, 1.807) is 0 Å². The zero-order valence-corrected chi connectivity index (χ0v) is 16.7. The number of H-pyrrole nitrogens is 1. The van der Waals surface area contributed by atoms with Crippen LogP contribution in [0, 0.1) is 0 Å². The minimum absolute atomic E-state index is 0.0102. The van der Waals surface area contributed by atoms with Gasteiger partial charge in [-0.25, -0.2) is 0 Å². The highest BCUT2D eigenvalue weighted by molar-refractivity contribution is 5.95. The van der Waals surface area contributed by atoms with E-state index in [9.17, 15) is 9.59 Å². The van der Waals surface area contributed by atoms with Crippen molar-refractivity contribution in [3.63, 3.8) is 0 Å². The summed E-state index contributed by atoms with van der Waals surface area (Å²) in [6.45, 7) is 1.85. The van der Waals surface area contributed by atoms with Gasteiger partial charge >= 0.3 is 0 Å². The summed E-state index contributed by atoms with van der Waals surface area (Å²) >= 11 is 0. The number of fused-ring (bicyclic) bond motifs is 1. The highest BCUT2D eigenvalue weighted by Crippen LogP contribution is 2.26. The molecule has 4 rings (SSSR count). The number of carbonyl (C=O) groups excluding carboxylic acids is 2. The first-order valence-corrected chi connectivity index (χ1v) is 10.0. The Morgan fingerprint density at radius 2 is 1.79 bits per heavy atom. The van der Waals surface area contributed by atoms with Gasteiger partial charge in [-0.2, -0.15) is 15.4 Å². The summed E-state index contributed by atoms with van der Waals surface area (Å²) in [6, 6.07) is 13.9. The summed E-state index contributed by atoms with van der Waals surface area (Å²) in [6.07, 6.45) is 3.12. The van der Waals surface area contributed by atoms with Gasteiger partial charge in [0.25, 0.3) is 5.91 Å². The Hall–Kier alpha value is -3.22. The predicted octanol–water partition coefficient (Wildman–Crippen LogP) is 3.14. The molecule has 2 N–H and O–H groups in total. The zero-order chi connectivity index (χ0) is 20.4. The molecule has 1 aliphatic rings. The van der Waals surface area contributed by atoms with Crippen LogP contribution in [-0.2, 0) is 4.79 Å². The molecule has 1 aromatic heterocycles. The Morgan fingerprint density at radius 3 is 2.55 bits per heavy atom. The maximum absolute atomic E-state index is 12.9. The van der Waals surface area contributed by atoms with E-state index < -0.39 is 0 Å². The Balaban J connectivity index is 1.43. The topological polar surface area (TPSA) is 91.0 Å². The first kappa shape index (κ1) is 19.1. The van der Waals surface area contributed by atoms with Crippen molar-refractivity contribution < 1.29 is 9.59 Å². The molecule has 1 heterocycles. The lowest BCUT2D eigenvalue weighted by Gasteiger charge is -2.25. The maximum Gasteiger partial charge on any atom is 0.253 e. The Labute approximate surface area is 169 Å². The molecule has 0 aliphatic heterocycles. The molecule has 7 nitrogen and oxygen atoms in total. The van der Waals surface area contributed by atoms with Crippen LogP contribution in [0.25, 0.3) is 22.2 Å². The summed E-state index contributed by atoms with van der Waals surface area (Å²) in [5.41, 5.74) is 4.36. The van der Waals surface area contributed by atoms with E-state index in [2.05, 4.69) is 20.7 Å². The van der Waals surface area contributed by atoms with Crippen LogP contribution in [0.1, 0.15) is 43.0 Å². The largest absolute Gasteiger partial charge is 0.353 e. The summed E-state index contributed by atoms with van der Waals surface area (Å²) in [5, 5.41) is 13.9. The lowest BCUT2D eigenvalue weighted by Crippen LogP contribution is -2.38. The van der Waals surface area contributed by atoms with Crippen LogP contribution in [0.4, 0.5) is 0 Å². The number of hydrogen-bond acceptors (Lipinski definition) is 4. The van der Waals surface area contributed by atoms with Crippen molar-refractivity contribution in [2.45, 2.75) is 44.7 Å². The van der Waals surface area contributed by atoms with E-state index in [1.165, 1.54) is 0 Å². The monoisotopic (exact) mass is 391 g/mol. The quantitative estimate of drug-likeness (QED) is 0.699. The molecule has 1 fully saturated rings. The molecule has 2 aromatic carbocycles. The molecule has 2 unspecified atom stereocenters. The molecule has 0 saturated heterocycles. The molecule has 0 radical (unpaired) electrons. The highest BCUT2D eigenvalue weighted by atomic mass is 16.2. The van der Waals surface area contributed by atoms with Gasteiger partial charge in [0.05, 0.1) is 0 Å². The van der Waals surface area contributed by atoms with Gasteiger partial charge in [-0.1, -0.05) is 25.1 Å². The average molecular weight is 391 g/mol. The van der Waals surface area contributed by atoms with E-state index >= 15 is 0 Å². The number of aromatic amines is 1. The van der Waals surface area contributed by atoms with Crippen molar-refractivity contribution in [3.8, 4) is 11.1 Å². The van der Waals surface area contributed by atoms with Gasteiger partial charge in [-0.15, -0.1) is 0 Å². The van der Waals surface area contributed by atoms with Crippen molar-refractivity contribution in [1.82, 2.24) is 25.6 Å². The Kier molecular flexibility index (Phi) is 5.29. The van der Waals surface area contributed by atoms with Crippen LogP contribution in [0.3, 0.4) is 0 Å². The average Bonchev–Trinajstić information content (AvgIpc) is 3.41. The van der Waals surface area contributed by atoms with Crippen molar-refractivity contribution in [2.75, 3.05) is 7.05 Å². The maximum atomic E-state index is 12.9. The van der Waals surface area contributed by atoms with Crippen LogP contribution >= 0.6 is 0 Å². The van der Waals surface area contributed by atoms with E-state index in [-0.39, 0.29) is 23.9 Å². The predicted molar refractivity (Wildman–Crippen MR) is 111 cm³/mol. The Morgan fingerprint density at radius 1 is 1.07 bits per heavy atom. The van der Waals surface area contributed by atoms with Gasteiger partial charge in [0.2, 0.25) is 5.91 Å². The number of aromatic nitrogens is 3. The van der Waals surface area contributed by atoms with Crippen LogP contribution in [0.15, 0.2) is 42.5 Å². The standard InChI is InChI=1S/C22H25N5O2/c1-3-21(28)23-17-9-10-18(13-17)27(2)22(29)15-6-4-14(5-7-15)16-8-11-19-20(12-16)25-26-24-19/h4-8,11-12,17-18H,3,9-10,13H2,1-2H3,(H,23,28)(H,24,25,26). The van der Waals surface area contributed by atoms with E-state index in [4.69, 9.17) is 0 Å². The Bertz CT molecular complexity index is 1030. The lowest BCUT2D eigenvalue weighted by molar-refractivity contribution is -0.121. The van der Waals surface area contributed by atoms with Crippen LogP contribution in [0.5, 0.6) is 0 Å². The van der Waals surface area contributed by atoms with Crippen molar-refractivity contribution in [3.05, 3.63) is 48.0 Å². The minimum atomic E-state index is 0.0102. The molecule has 0 spiro atoms. The number of carbonyl (C=O) groups is 2. The molecule has 2 amide bonds. The minimum Gasteiger partial charge on any atom is -0.353 e. The van der Waals surface area contributed by atoms with Gasteiger partial charge in [0.1, 0.15) is 11.0 Å². The van der Waals surface area contributed by atoms with E-state index in [0.29, 0.717) is 12.0 Å². The normalized spacial score (nSPS) is 18.7. The summed E-state index contributed by atoms with van der Waals surface area (Å²) in [5.74, 6) is 0.0833. The number of benzene rings is 2. The van der Waals surface area contributed by atoms with Gasteiger partial charge < -0.3 is 10.2 Å². The third-order valence-electron chi connectivity index (χ3n) is 5.74. The smallest absolute Gasteiger partial charge is 0.253 e. The molecule has 29 heavy (non-hydrogen) atoms. The van der Waals surface area contributed by atoms with Gasteiger partial charge in [-0.3, -0.25) is 9.59 Å². The van der Waals surface area contributed by atoms with Crippen LogP contribution in [0.2, 0.25) is 0 Å². The number of amides is 2. The lowest BCUT2D eigenvalue weighted by atomic mass is 10.0. The van der Waals surface area contributed by atoms with Crippen molar-refractivity contribution in [2.24, 2.45) is 0 Å². The molecule has 3 aromatic rings. The van der Waals surface area contributed by atoms with Gasteiger partial charge in [-0.05, 0) is 54.7 Å². The molecule has 2 atom stereocenters. The number of rotatable bonds is 5. The first-order chi connectivity index (χ1) is 14.0. The molecule has 0 bridgehead atoms. The third-order valence-corrected chi connectivity index (χ3v) is 5.74.